The molecule has 2 aromatic rings. The van der Waals surface area contributed by atoms with Crippen molar-refractivity contribution < 1.29 is 10.2 Å². The Morgan fingerprint density at radius 3 is 2.20 bits per heavy atom. The Hall–Kier alpha value is -2.36. The minimum atomic E-state index is 0.201. The molecule has 4 nitrogen and oxygen atoms in total. The summed E-state index contributed by atoms with van der Waals surface area (Å²) in [5, 5.41) is 27.5. The lowest BCUT2D eigenvalue weighted by Crippen LogP contribution is -1.89. The van der Waals surface area contributed by atoms with Crippen molar-refractivity contribution in [2.45, 2.75) is 26.7 Å². The van der Waals surface area contributed by atoms with Crippen LogP contribution in [0.4, 0.5) is 11.4 Å². The molecule has 0 atom stereocenters. The minimum Gasteiger partial charge on any atom is -0.508 e. The number of aryl methyl sites for hydroxylation is 1. The van der Waals surface area contributed by atoms with Gasteiger partial charge in [0.2, 0.25) is 0 Å². The van der Waals surface area contributed by atoms with Crippen molar-refractivity contribution >= 4 is 11.4 Å². The summed E-state index contributed by atoms with van der Waals surface area (Å²) in [5.41, 5.74) is 3.13. The topological polar surface area (TPSA) is 65.2 Å². The molecule has 20 heavy (non-hydrogen) atoms. The van der Waals surface area contributed by atoms with Gasteiger partial charge in [0.15, 0.2) is 0 Å². The molecule has 2 aromatic carbocycles. The van der Waals surface area contributed by atoms with Crippen LogP contribution in [0.15, 0.2) is 46.6 Å². The summed E-state index contributed by atoms with van der Waals surface area (Å²) in [6.07, 6.45) is 0. The van der Waals surface area contributed by atoms with E-state index in [0.29, 0.717) is 11.4 Å². The van der Waals surface area contributed by atoms with Crippen molar-refractivity contribution in [3.05, 3.63) is 47.5 Å². The van der Waals surface area contributed by atoms with Gasteiger partial charge in [-0.15, -0.1) is 0 Å². The Morgan fingerprint density at radius 1 is 0.950 bits per heavy atom. The van der Waals surface area contributed by atoms with E-state index in [4.69, 9.17) is 0 Å². The van der Waals surface area contributed by atoms with E-state index >= 15 is 0 Å². The van der Waals surface area contributed by atoms with Crippen molar-refractivity contribution in [2.75, 3.05) is 0 Å². The highest BCUT2D eigenvalue weighted by atomic mass is 16.3. The molecule has 0 aromatic heterocycles. The second-order valence-electron chi connectivity index (χ2n) is 5.07. The van der Waals surface area contributed by atoms with Gasteiger partial charge in [0.1, 0.15) is 11.5 Å². The van der Waals surface area contributed by atoms with E-state index in [9.17, 15) is 10.2 Å². The summed E-state index contributed by atoms with van der Waals surface area (Å²) in [6, 6.07) is 10.1. The van der Waals surface area contributed by atoms with Gasteiger partial charge in [-0.1, -0.05) is 13.8 Å². The summed E-state index contributed by atoms with van der Waals surface area (Å²) in [6.45, 7) is 5.92. The maximum Gasteiger partial charge on any atom is 0.119 e. The molecule has 0 saturated carbocycles. The standard InChI is InChI=1S/C16H18N2O2/c1-10(2)14-9-15(11(3)8-16(14)20)18-17-12-4-6-13(19)7-5-12/h4-10,19-20H,1-3H3/b18-17+. The first-order valence-electron chi connectivity index (χ1n) is 6.51. The predicted molar refractivity (Wildman–Crippen MR) is 79.2 cm³/mol. The first-order chi connectivity index (χ1) is 9.47. The molecule has 0 fully saturated rings. The highest BCUT2D eigenvalue weighted by Gasteiger charge is 2.09. The second-order valence-corrected chi connectivity index (χ2v) is 5.07. The Kier molecular flexibility index (Phi) is 4.03. The van der Waals surface area contributed by atoms with Gasteiger partial charge >= 0.3 is 0 Å². The molecule has 0 bridgehead atoms. The molecule has 2 rings (SSSR count). The fourth-order valence-electron chi connectivity index (χ4n) is 1.90. The van der Waals surface area contributed by atoms with E-state index in [2.05, 4.69) is 10.2 Å². The van der Waals surface area contributed by atoms with Crippen molar-refractivity contribution in [1.29, 1.82) is 0 Å². The van der Waals surface area contributed by atoms with Crippen molar-refractivity contribution in [1.82, 2.24) is 0 Å². The van der Waals surface area contributed by atoms with E-state index in [-0.39, 0.29) is 11.7 Å². The molecule has 0 heterocycles. The van der Waals surface area contributed by atoms with Gasteiger partial charge in [-0.3, -0.25) is 0 Å². The second kappa shape index (κ2) is 5.74. The Bertz CT molecular complexity index is 632. The highest BCUT2D eigenvalue weighted by molar-refractivity contribution is 5.54. The van der Waals surface area contributed by atoms with E-state index in [1.807, 2.05) is 26.8 Å². The molecule has 0 aliphatic carbocycles. The van der Waals surface area contributed by atoms with Gasteiger partial charge < -0.3 is 10.2 Å². The van der Waals surface area contributed by atoms with E-state index in [1.165, 1.54) is 0 Å². The number of rotatable bonds is 3. The molecule has 0 aliphatic rings. The Balaban J connectivity index is 2.33. The molecule has 2 N–H and O–H groups in total. The van der Waals surface area contributed by atoms with Crippen LogP contribution in [-0.4, -0.2) is 10.2 Å². The monoisotopic (exact) mass is 270 g/mol. The molecule has 0 saturated heterocycles. The molecule has 0 aliphatic heterocycles. The van der Waals surface area contributed by atoms with E-state index in [0.717, 1.165) is 16.8 Å². The Morgan fingerprint density at radius 2 is 1.60 bits per heavy atom. The van der Waals surface area contributed by atoms with Gasteiger partial charge in [0, 0.05) is 0 Å². The number of hydrogen-bond donors (Lipinski definition) is 2. The number of azo groups is 1. The molecular formula is C16H18N2O2. The SMILES string of the molecule is Cc1cc(O)c(C(C)C)cc1/N=N/c1ccc(O)cc1. The third-order valence-corrected chi connectivity index (χ3v) is 3.09. The lowest BCUT2D eigenvalue weighted by Gasteiger charge is -2.10. The van der Waals surface area contributed by atoms with Crippen LogP contribution >= 0.6 is 0 Å². The van der Waals surface area contributed by atoms with Gasteiger partial charge in [-0.2, -0.15) is 10.2 Å². The number of phenolic OH excluding ortho intramolecular Hbond substituents is 2. The molecule has 4 heteroatoms. The quantitative estimate of drug-likeness (QED) is 0.775. The average Bonchev–Trinajstić information content (AvgIpc) is 2.39. The zero-order chi connectivity index (χ0) is 14.7. The maximum atomic E-state index is 9.90. The van der Waals surface area contributed by atoms with Crippen LogP contribution in [0.1, 0.15) is 30.9 Å². The summed E-state index contributed by atoms with van der Waals surface area (Å²) in [5.74, 6) is 0.714. The number of hydrogen-bond acceptors (Lipinski definition) is 4. The zero-order valence-corrected chi connectivity index (χ0v) is 11.8. The van der Waals surface area contributed by atoms with Crippen molar-refractivity contribution in [2.24, 2.45) is 10.2 Å². The lowest BCUT2D eigenvalue weighted by molar-refractivity contribution is 0.464. The third kappa shape index (κ3) is 3.15. The van der Waals surface area contributed by atoms with Crippen LogP contribution in [0.2, 0.25) is 0 Å². The number of phenols is 2. The summed E-state index contributed by atoms with van der Waals surface area (Å²) in [4.78, 5) is 0. The van der Waals surface area contributed by atoms with Gasteiger partial charge in [-0.05, 0) is 60.4 Å². The molecule has 0 radical (unpaired) electrons. The molecule has 0 spiro atoms. The van der Waals surface area contributed by atoms with Crippen molar-refractivity contribution in [3.8, 4) is 11.5 Å². The maximum absolute atomic E-state index is 9.90. The lowest BCUT2D eigenvalue weighted by atomic mass is 9.99. The van der Waals surface area contributed by atoms with Crippen LogP contribution in [-0.2, 0) is 0 Å². The van der Waals surface area contributed by atoms with Gasteiger partial charge in [-0.25, -0.2) is 0 Å². The van der Waals surface area contributed by atoms with Crippen LogP contribution in [0.3, 0.4) is 0 Å². The van der Waals surface area contributed by atoms with Crippen molar-refractivity contribution in [3.63, 3.8) is 0 Å². The fourth-order valence-corrected chi connectivity index (χ4v) is 1.90. The normalized spacial score (nSPS) is 11.4. The molecule has 104 valence electrons. The van der Waals surface area contributed by atoms with Gasteiger partial charge in [0.25, 0.3) is 0 Å². The van der Waals surface area contributed by atoms with Gasteiger partial charge in [0.05, 0.1) is 11.4 Å². The van der Waals surface area contributed by atoms with Crippen LogP contribution < -0.4 is 0 Å². The number of nitrogens with zero attached hydrogens (tertiary/aromatic N) is 2. The first-order valence-corrected chi connectivity index (χ1v) is 6.51. The van der Waals surface area contributed by atoms with Crippen LogP contribution in [0.5, 0.6) is 11.5 Å². The molecular weight excluding hydrogens is 252 g/mol. The summed E-state index contributed by atoms with van der Waals surface area (Å²) in [7, 11) is 0. The number of benzene rings is 2. The predicted octanol–water partition coefficient (Wildman–Crippen LogP) is 4.95. The summed E-state index contributed by atoms with van der Waals surface area (Å²) >= 11 is 0. The van der Waals surface area contributed by atoms with Crippen LogP contribution in [0.25, 0.3) is 0 Å². The number of aromatic hydroxyl groups is 2. The Labute approximate surface area is 118 Å². The summed E-state index contributed by atoms with van der Waals surface area (Å²) < 4.78 is 0. The minimum absolute atomic E-state index is 0.201. The average molecular weight is 270 g/mol. The zero-order valence-electron chi connectivity index (χ0n) is 11.8. The highest BCUT2D eigenvalue weighted by Crippen LogP contribution is 2.33. The van der Waals surface area contributed by atoms with E-state index < -0.39 is 0 Å². The molecule has 0 amide bonds. The smallest absolute Gasteiger partial charge is 0.119 e. The third-order valence-electron chi connectivity index (χ3n) is 3.09. The molecule has 0 unspecified atom stereocenters. The van der Waals surface area contributed by atoms with E-state index in [1.54, 1.807) is 30.3 Å². The first kappa shape index (κ1) is 14.1. The largest absolute Gasteiger partial charge is 0.508 e. The van der Waals surface area contributed by atoms with Crippen LogP contribution in [0, 0.1) is 6.92 Å². The fraction of sp³-hybridized carbons (Fsp3) is 0.250.